The minimum atomic E-state index is -1.00. The van der Waals surface area contributed by atoms with Gasteiger partial charge in [-0.05, 0) is 90.9 Å². The lowest BCUT2D eigenvalue weighted by molar-refractivity contribution is -0.152. The number of hydrogen-bond acceptors (Lipinski definition) is 14. The molecule has 458 valence electrons. The Balaban J connectivity index is 0.000000534. The van der Waals surface area contributed by atoms with E-state index in [1.54, 1.807) is 0 Å². The van der Waals surface area contributed by atoms with E-state index in [0.717, 1.165) is 52.8 Å². The second-order valence-electron chi connectivity index (χ2n) is 21.4. The fourth-order valence-corrected chi connectivity index (χ4v) is 7.37. The predicted molar refractivity (Wildman–Crippen MR) is 315 cm³/mol. The highest BCUT2D eigenvalue weighted by molar-refractivity contribution is 6.61. The Kier molecular flexibility index (Phi) is 37.5. The number of carbonyl (C=O) groups is 8. The summed E-state index contributed by atoms with van der Waals surface area (Å²) in [6.07, 6.45) is 4.22. The zero-order chi connectivity index (χ0) is 62.3. The van der Waals surface area contributed by atoms with Crippen molar-refractivity contribution in [2.75, 3.05) is 13.8 Å². The lowest BCUT2D eigenvalue weighted by Gasteiger charge is -2.24. The van der Waals surface area contributed by atoms with Crippen molar-refractivity contribution >= 4 is 59.1 Å². The van der Waals surface area contributed by atoms with Crippen molar-refractivity contribution in [3.63, 3.8) is 0 Å². The molecule has 0 aromatic heterocycles. The van der Waals surface area contributed by atoms with E-state index in [9.17, 15) is 43.5 Å². The fourth-order valence-electron chi connectivity index (χ4n) is 7.31. The Morgan fingerprint density at radius 2 is 0.952 bits per heavy atom. The van der Waals surface area contributed by atoms with Crippen LogP contribution in [0.3, 0.4) is 0 Å². The number of hydrogen-bond donors (Lipinski definition) is 4. The molecule has 0 radical (unpaired) electrons. The number of carboxylic acids is 3. The largest absolute Gasteiger partial charge is 0.481 e. The molecule has 0 unspecified atom stereocenters. The summed E-state index contributed by atoms with van der Waals surface area (Å²) in [4.78, 5) is 92.7. The number of amides is 2. The van der Waals surface area contributed by atoms with Gasteiger partial charge in [-0.3, -0.25) is 24.2 Å². The van der Waals surface area contributed by atoms with Gasteiger partial charge in [0.15, 0.2) is 6.73 Å². The van der Waals surface area contributed by atoms with Crippen LogP contribution < -0.4 is 5.73 Å². The maximum atomic E-state index is 12.1. The second-order valence-corrected chi connectivity index (χ2v) is 21.7. The quantitative estimate of drug-likeness (QED) is 0.0258. The van der Waals surface area contributed by atoms with Gasteiger partial charge in [-0.1, -0.05) is 183 Å². The van der Waals surface area contributed by atoms with Crippen molar-refractivity contribution in [1.29, 1.82) is 0 Å². The number of nitrogens with zero attached hydrogens (tertiary/aromatic N) is 2. The number of aliphatic carboxylic acids is 3. The molecule has 4 aromatic rings. The topological polar surface area (TPSA) is 276 Å². The number of cyclic esters (lactones) is 1. The van der Waals surface area contributed by atoms with Crippen LogP contribution in [0.15, 0.2) is 121 Å². The molecule has 1 fully saturated rings. The van der Waals surface area contributed by atoms with Crippen LogP contribution in [0.4, 0.5) is 14.4 Å². The molecule has 4 atom stereocenters. The average Bonchev–Trinajstić information content (AvgIpc) is 3.90. The first-order chi connectivity index (χ1) is 39.3. The minimum Gasteiger partial charge on any atom is -0.481 e. The molecular weight excluding hydrogens is 1090 g/mol. The lowest BCUT2D eigenvalue weighted by atomic mass is 9.95. The standard InChI is InChI=1S/C16H21NO4.C16H23NO4.C16H22O4.C8H7ClO2.C7H15NO2/c1-12(2)8-9-14-15(18)21-11-17(14)16(19)20-10-13-6-4-3-5-7-13;1-12(2)9-10-14(15(18)19)17(3)16(20)21-11-13-7-5-4-6-8-13;1-12(2)8-9-14(16(18)19)10-15(17)20-11-13-6-4-3-5-7-13;9-8(10)11-6-7-4-2-1-3-5-7;1-5(2)3-4-6(8)7(9)10/h3-7,12,14H,8-11H2,1-2H3;4-8,12,14H,9-11H2,1-3H3,(H,18,19);3-7,12,14H,8-11H2,1-2H3,(H,18,19);1-5H,6H2;5-6H,3-4,8H2,1-2H3,(H,9,10)/t3*14-;;6-/m001.0/s1. The van der Waals surface area contributed by atoms with Gasteiger partial charge >= 0.3 is 47.5 Å². The third kappa shape index (κ3) is 35.2. The second kappa shape index (κ2) is 42.3. The van der Waals surface area contributed by atoms with E-state index in [-0.39, 0.29) is 45.5 Å². The normalized spacial score (nSPS) is 13.4. The molecule has 0 spiro atoms. The van der Waals surface area contributed by atoms with Gasteiger partial charge in [0.2, 0.25) is 0 Å². The number of esters is 2. The Morgan fingerprint density at radius 1 is 0.554 bits per heavy atom. The Bertz CT molecular complexity index is 2470. The summed E-state index contributed by atoms with van der Waals surface area (Å²) in [5, 5.41) is 26.7. The van der Waals surface area contributed by atoms with Gasteiger partial charge in [-0.25, -0.2) is 24.0 Å². The van der Waals surface area contributed by atoms with Crippen molar-refractivity contribution in [3.05, 3.63) is 144 Å². The van der Waals surface area contributed by atoms with Crippen LogP contribution in [0.1, 0.15) is 135 Å². The number of benzene rings is 4. The number of carbonyl (C=O) groups excluding carboxylic acids is 5. The van der Waals surface area contributed by atoms with Gasteiger partial charge in [-0.15, -0.1) is 0 Å². The van der Waals surface area contributed by atoms with Crippen LogP contribution in [0.25, 0.3) is 0 Å². The minimum absolute atomic E-state index is 0.0186. The van der Waals surface area contributed by atoms with E-state index in [4.69, 9.17) is 46.5 Å². The van der Waals surface area contributed by atoms with Crippen LogP contribution in [-0.2, 0) is 74.1 Å². The van der Waals surface area contributed by atoms with Gasteiger partial charge < -0.3 is 44.7 Å². The summed E-state index contributed by atoms with van der Waals surface area (Å²) >= 11 is 4.97. The number of rotatable bonds is 26. The molecule has 5 N–H and O–H groups in total. The Hall–Kier alpha value is -7.51. The van der Waals surface area contributed by atoms with Gasteiger partial charge in [0.1, 0.15) is 44.6 Å². The maximum Gasteiger partial charge on any atom is 0.413 e. The molecule has 1 aliphatic rings. The first-order valence-electron chi connectivity index (χ1n) is 27.9. The highest BCUT2D eigenvalue weighted by Crippen LogP contribution is 2.21. The summed E-state index contributed by atoms with van der Waals surface area (Å²) in [7, 11) is 1.46. The van der Waals surface area contributed by atoms with Crippen molar-refractivity contribution in [1.82, 2.24) is 9.80 Å². The smallest absolute Gasteiger partial charge is 0.413 e. The van der Waals surface area contributed by atoms with Crippen LogP contribution >= 0.6 is 11.6 Å². The summed E-state index contributed by atoms with van der Waals surface area (Å²) in [6, 6.07) is 35.4. The van der Waals surface area contributed by atoms with Crippen LogP contribution in [0.5, 0.6) is 0 Å². The molecule has 1 heterocycles. The molecule has 0 aliphatic carbocycles. The van der Waals surface area contributed by atoms with E-state index in [0.29, 0.717) is 49.4 Å². The van der Waals surface area contributed by atoms with E-state index < -0.39 is 65.5 Å². The first kappa shape index (κ1) is 73.5. The summed E-state index contributed by atoms with van der Waals surface area (Å²) in [6.45, 7) is 17.1. The molecule has 19 nitrogen and oxygen atoms in total. The number of halogens is 1. The number of ether oxygens (including phenoxy) is 5. The van der Waals surface area contributed by atoms with Crippen molar-refractivity contribution in [2.45, 2.75) is 158 Å². The van der Waals surface area contributed by atoms with Gasteiger partial charge in [0, 0.05) is 18.6 Å². The number of nitrogens with two attached hydrogens (primary N) is 1. The number of likely N-dealkylation sites (N-methyl/N-ethyl adjacent to an activating group) is 1. The maximum absolute atomic E-state index is 12.1. The Morgan fingerprint density at radius 3 is 1.35 bits per heavy atom. The van der Waals surface area contributed by atoms with E-state index in [2.05, 4.69) is 32.4 Å². The van der Waals surface area contributed by atoms with Crippen LogP contribution in [-0.4, -0.2) is 104 Å². The van der Waals surface area contributed by atoms with Crippen LogP contribution in [0, 0.1) is 29.6 Å². The van der Waals surface area contributed by atoms with Gasteiger partial charge in [0.25, 0.3) is 0 Å². The predicted octanol–water partition coefficient (Wildman–Crippen LogP) is 12.7. The zero-order valence-electron chi connectivity index (χ0n) is 49.6. The molecule has 83 heavy (non-hydrogen) atoms. The highest BCUT2D eigenvalue weighted by Gasteiger charge is 2.38. The van der Waals surface area contributed by atoms with Crippen molar-refractivity contribution in [2.24, 2.45) is 35.3 Å². The van der Waals surface area contributed by atoms with Crippen molar-refractivity contribution < 1.29 is 77.4 Å². The lowest BCUT2D eigenvalue weighted by Crippen LogP contribution is -2.42. The molecule has 2 amide bonds. The monoisotopic (exact) mass is 1180 g/mol. The molecule has 4 aromatic carbocycles. The fraction of sp³-hybridized carbons (Fsp3) is 0.492. The third-order valence-corrected chi connectivity index (χ3v) is 12.5. The molecule has 20 heteroatoms. The van der Waals surface area contributed by atoms with Gasteiger partial charge in [0.05, 0.1) is 12.3 Å². The van der Waals surface area contributed by atoms with E-state index in [1.165, 1.54) is 11.9 Å². The summed E-state index contributed by atoms with van der Waals surface area (Å²) in [5.74, 6) is -2.46. The average molecular weight is 1180 g/mol. The SMILES string of the molecule is CC(C)CC[C@@H](C(=O)O)N(C)C(=O)OCc1ccccc1.CC(C)CC[C@H](CC(=O)OCc1ccccc1)C(=O)O.CC(C)CC[C@H](N)C(=O)O.CC(C)CC[C@H]1C(=O)OCN1C(=O)OCc1ccccc1.O=C(Cl)OCc1ccccc1. The summed E-state index contributed by atoms with van der Waals surface area (Å²) < 4.78 is 25.0. The third-order valence-electron chi connectivity index (χ3n) is 12.4. The van der Waals surface area contributed by atoms with Crippen molar-refractivity contribution in [3.8, 4) is 0 Å². The molecule has 0 bridgehead atoms. The molecule has 5 rings (SSSR count). The molecule has 0 saturated carbocycles. The van der Waals surface area contributed by atoms with E-state index in [1.807, 2.05) is 149 Å². The Labute approximate surface area is 494 Å². The summed E-state index contributed by atoms with van der Waals surface area (Å²) in [5.41, 5.74) is 8.11. The molecule has 1 saturated heterocycles. The molecular formula is C63H88ClN3O16. The van der Waals surface area contributed by atoms with E-state index >= 15 is 0 Å². The number of carboxylic acid groups (broad SMARTS) is 3. The first-order valence-corrected chi connectivity index (χ1v) is 28.3. The highest BCUT2D eigenvalue weighted by atomic mass is 35.5. The zero-order valence-corrected chi connectivity index (χ0v) is 50.3. The van der Waals surface area contributed by atoms with Gasteiger partial charge in [-0.2, -0.15) is 0 Å². The molecule has 1 aliphatic heterocycles. The van der Waals surface area contributed by atoms with Crippen LogP contribution in [0.2, 0.25) is 0 Å².